The minimum atomic E-state index is 0.0284. The second kappa shape index (κ2) is 11.0. The van der Waals surface area contributed by atoms with Crippen LogP contribution in [0.25, 0.3) is 11.3 Å². The van der Waals surface area contributed by atoms with Crippen LogP contribution in [0.4, 0.5) is 5.69 Å². The monoisotopic (exact) mass is 542 g/mol. The number of aliphatic imine (C=N–C) groups is 1. The quantitative estimate of drug-likeness (QED) is 0.223. The summed E-state index contributed by atoms with van der Waals surface area (Å²) in [5.41, 5.74) is 15.0. The highest BCUT2D eigenvalue weighted by molar-refractivity contribution is 6.04. The van der Waals surface area contributed by atoms with Gasteiger partial charge in [-0.15, -0.1) is 0 Å². The van der Waals surface area contributed by atoms with Gasteiger partial charge in [0.25, 0.3) is 0 Å². The molecule has 1 aliphatic carbocycles. The van der Waals surface area contributed by atoms with Gasteiger partial charge in [-0.1, -0.05) is 117 Å². The third-order valence-electron chi connectivity index (χ3n) is 9.65. The van der Waals surface area contributed by atoms with E-state index >= 15 is 0 Å². The average Bonchev–Trinajstić information content (AvgIpc) is 2.94. The van der Waals surface area contributed by atoms with Crippen molar-refractivity contribution >= 4 is 22.7 Å². The molecule has 2 nitrogen and oxygen atoms in total. The second-order valence-corrected chi connectivity index (χ2v) is 12.9. The van der Waals surface area contributed by atoms with Crippen LogP contribution < -0.4 is 0 Å². The van der Waals surface area contributed by atoms with Gasteiger partial charge >= 0.3 is 0 Å². The third-order valence-corrected chi connectivity index (χ3v) is 9.65. The number of nitrogens with zero attached hydrogens (tertiary/aromatic N) is 2. The number of fused-ring (bicyclic) bond motifs is 1. The van der Waals surface area contributed by atoms with Gasteiger partial charge in [-0.05, 0) is 69.7 Å². The van der Waals surface area contributed by atoms with E-state index in [1.807, 2.05) is 0 Å². The zero-order valence-corrected chi connectivity index (χ0v) is 26.4. The first kappa shape index (κ1) is 28.9. The molecule has 0 radical (unpaired) electrons. The van der Waals surface area contributed by atoms with Gasteiger partial charge in [-0.3, -0.25) is 4.99 Å². The van der Waals surface area contributed by atoms with Gasteiger partial charge < -0.3 is 4.90 Å². The molecule has 0 saturated carbocycles. The van der Waals surface area contributed by atoms with Crippen molar-refractivity contribution in [3.8, 4) is 0 Å². The summed E-state index contributed by atoms with van der Waals surface area (Å²) in [5, 5.41) is 0. The largest absolute Gasteiger partial charge is 0.367 e. The number of hydrogen-bond acceptors (Lipinski definition) is 2. The molecule has 1 heterocycles. The molecular formula is C39H46N2. The third kappa shape index (κ3) is 5.25. The first-order valence-electron chi connectivity index (χ1n) is 15.1. The molecule has 3 aromatic rings. The standard InChI is InChI=1S/C39H46N2/c1-10-39(9)35(32-17-15-26(2)16-18-32)19-21-38(8)25-41(22-20-36(38)39)31(7)34-14-12-11-13-33(34)30(6)40-37-28(4)23-27(3)24-29(37)5/h11-20,23-24H,7,10,21-22,25H2,1-6,8-9H3. The lowest BCUT2D eigenvalue weighted by molar-refractivity contribution is 0.211. The molecule has 1 aliphatic heterocycles. The molecule has 2 aliphatic rings. The second-order valence-electron chi connectivity index (χ2n) is 12.9. The Morgan fingerprint density at radius 2 is 1.51 bits per heavy atom. The Bertz CT molecular complexity index is 1560. The maximum atomic E-state index is 5.15. The predicted octanol–water partition coefficient (Wildman–Crippen LogP) is 10.2. The van der Waals surface area contributed by atoms with Crippen molar-refractivity contribution in [1.82, 2.24) is 4.90 Å². The van der Waals surface area contributed by atoms with Crippen LogP contribution in [0.3, 0.4) is 0 Å². The molecule has 41 heavy (non-hydrogen) atoms. The van der Waals surface area contributed by atoms with Gasteiger partial charge in [0.15, 0.2) is 0 Å². The maximum absolute atomic E-state index is 5.15. The Balaban J connectivity index is 1.46. The van der Waals surface area contributed by atoms with Crippen molar-refractivity contribution < 1.29 is 0 Å². The van der Waals surface area contributed by atoms with E-state index in [0.29, 0.717) is 0 Å². The van der Waals surface area contributed by atoms with Crippen molar-refractivity contribution in [1.29, 1.82) is 0 Å². The van der Waals surface area contributed by atoms with Crippen LogP contribution in [-0.4, -0.2) is 23.7 Å². The fraction of sp³-hybridized carbons (Fsp3) is 0.359. The van der Waals surface area contributed by atoms with Crippen LogP contribution in [0.15, 0.2) is 90.0 Å². The van der Waals surface area contributed by atoms with Crippen molar-refractivity contribution in [3.05, 3.63) is 124 Å². The lowest BCUT2D eigenvalue weighted by Crippen LogP contribution is -2.46. The smallest absolute Gasteiger partial charge is 0.0691 e. The molecule has 3 aromatic carbocycles. The Kier molecular flexibility index (Phi) is 7.72. The summed E-state index contributed by atoms with van der Waals surface area (Å²) < 4.78 is 0. The van der Waals surface area contributed by atoms with E-state index in [1.54, 1.807) is 5.57 Å². The summed E-state index contributed by atoms with van der Waals surface area (Å²) in [6, 6.07) is 22.2. The zero-order valence-electron chi connectivity index (χ0n) is 26.4. The molecule has 2 heteroatoms. The summed E-state index contributed by atoms with van der Waals surface area (Å²) in [6.45, 7) is 24.5. The number of hydrogen-bond donors (Lipinski definition) is 0. The molecule has 0 N–H and O–H groups in total. The van der Waals surface area contributed by atoms with E-state index in [1.165, 1.54) is 39.0 Å². The Morgan fingerprint density at radius 3 is 2.15 bits per heavy atom. The molecule has 212 valence electrons. The van der Waals surface area contributed by atoms with Crippen molar-refractivity contribution in [2.45, 2.75) is 68.2 Å². The fourth-order valence-corrected chi connectivity index (χ4v) is 7.34. The van der Waals surface area contributed by atoms with Crippen molar-refractivity contribution in [2.75, 3.05) is 13.1 Å². The normalized spacial score (nSPS) is 22.6. The fourth-order valence-electron chi connectivity index (χ4n) is 7.34. The number of aryl methyl sites for hydroxylation is 4. The summed E-state index contributed by atoms with van der Waals surface area (Å²) in [4.78, 5) is 7.63. The van der Waals surface area contributed by atoms with Crippen LogP contribution in [0, 0.1) is 38.5 Å². The molecule has 2 unspecified atom stereocenters. The lowest BCUT2D eigenvalue weighted by atomic mass is 9.56. The van der Waals surface area contributed by atoms with Crippen LogP contribution in [-0.2, 0) is 0 Å². The molecule has 0 spiro atoms. The summed E-state index contributed by atoms with van der Waals surface area (Å²) in [7, 11) is 0. The summed E-state index contributed by atoms with van der Waals surface area (Å²) in [6.07, 6.45) is 7.16. The highest BCUT2D eigenvalue weighted by Gasteiger charge is 2.47. The highest BCUT2D eigenvalue weighted by atomic mass is 15.1. The maximum Gasteiger partial charge on any atom is 0.0691 e. The van der Waals surface area contributed by atoms with Crippen molar-refractivity contribution in [2.24, 2.45) is 15.8 Å². The van der Waals surface area contributed by atoms with Gasteiger partial charge in [0.2, 0.25) is 0 Å². The number of rotatable bonds is 6. The molecule has 5 rings (SSSR count). The Hall–Kier alpha value is -3.65. The number of benzene rings is 3. The Morgan fingerprint density at radius 1 is 0.878 bits per heavy atom. The van der Waals surface area contributed by atoms with E-state index in [4.69, 9.17) is 4.99 Å². The van der Waals surface area contributed by atoms with Gasteiger partial charge in [-0.2, -0.15) is 0 Å². The number of allylic oxidation sites excluding steroid dienone is 2. The van der Waals surface area contributed by atoms with E-state index in [0.717, 1.165) is 48.6 Å². The SMILES string of the molecule is C=C(c1ccccc1C(C)=Nc1c(C)cc(C)cc1C)N1CC=C2C(C)(CC=C(c3ccc(C)cc3)C2(C)CC)C1. The van der Waals surface area contributed by atoms with E-state index in [9.17, 15) is 0 Å². The van der Waals surface area contributed by atoms with E-state index < -0.39 is 0 Å². The zero-order chi connectivity index (χ0) is 29.5. The average molecular weight is 543 g/mol. The van der Waals surface area contributed by atoms with Gasteiger partial charge in [0, 0.05) is 46.5 Å². The predicted molar refractivity (Wildman–Crippen MR) is 178 cm³/mol. The molecule has 0 saturated heterocycles. The van der Waals surface area contributed by atoms with Crippen LogP contribution in [0.2, 0.25) is 0 Å². The summed E-state index contributed by atoms with van der Waals surface area (Å²) in [5.74, 6) is 0. The van der Waals surface area contributed by atoms with Crippen LogP contribution >= 0.6 is 0 Å². The summed E-state index contributed by atoms with van der Waals surface area (Å²) >= 11 is 0. The first-order valence-corrected chi connectivity index (χ1v) is 15.1. The molecule has 0 amide bonds. The topological polar surface area (TPSA) is 15.6 Å². The molecule has 0 aromatic heterocycles. The molecule has 0 bridgehead atoms. The van der Waals surface area contributed by atoms with E-state index in [2.05, 4.69) is 140 Å². The lowest BCUT2D eigenvalue weighted by Gasteiger charge is -2.52. The minimum Gasteiger partial charge on any atom is -0.367 e. The molecule has 0 fully saturated rings. The first-order chi connectivity index (χ1) is 19.5. The van der Waals surface area contributed by atoms with Gasteiger partial charge in [0.05, 0.1) is 5.69 Å². The van der Waals surface area contributed by atoms with Gasteiger partial charge in [-0.25, -0.2) is 0 Å². The highest BCUT2D eigenvalue weighted by Crippen LogP contribution is 2.57. The Labute approximate surface area is 248 Å². The molecular weight excluding hydrogens is 496 g/mol. The van der Waals surface area contributed by atoms with E-state index in [-0.39, 0.29) is 10.8 Å². The minimum absolute atomic E-state index is 0.0284. The van der Waals surface area contributed by atoms with Gasteiger partial charge in [0.1, 0.15) is 0 Å². The van der Waals surface area contributed by atoms with Crippen LogP contribution in [0.5, 0.6) is 0 Å². The van der Waals surface area contributed by atoms with Crippen LogP contribution in [0.1, 0.15) is 79.5 Å². The van der Waals surface area contributed by atoms with Crippen molar-refractivity contribution in [3.63, 3.8) is 0 Å². The molecule has 2 atom stereocenters.